The summed E-state index contributed by atoms with van der Waals surface area (Å²) in [6, 6.07) is 0. The molecule has 0 saturated carbocycles. The fourth-order valence-corrected chi connectivity index (χ4v) is 6.98. The van der Waals surface area contributed by atoms with E-state index in [0.29, 0.717) is 19.3 Å². The van der Waals surface area contributed by atoms with Crippen molar-refractivity contribution >= 4 is 17.9 Å². The molecular formula is C47H90O6. The van der Waals surface area contributed by atoms with Crippen LogP contribution in [0.2, 0.25) is 0 Å². The number of hydrogen-bond donors (Lipinski definition) is 0. The molecule has 0 spiro atoms. The van der Waals surface area contributed by atoms with Crippen molar-refractivity contribution in [3.63, 3.8) is 0 Å². The lowest BCUT2D eigenvalue weighted by atomic mass is 10.0. The molecule has 0 fully saturated rings. The minimum absolute atomic E-state index is 0.0638. The van der Waals surface area contributed by atoms with Crippen LogP contribution < -0.4 is 0 Å². The molecule has 314 valence electrons. The van der Waals surface area contributed by atoms with Crippen LogP contribution in [0.15, 0.2) is 0 Å². The van der Waals surface area contributed by atoms with Crippen LogP contribution in [0.25, 0.3) is 0 Å². The molecule has 6 heteroatoms. The molecule has 0 aromatic rings. The van der Waals surface area contributed by atoms with Crippen molar-refractivity contribution in [2.45, 2.75) is 265 Å². The Labute approximate surface area is 329 Å². The molecule has 53 heavy (non-hydrogen) atoms. The van der Waals surface area contributed by atoms with Crippen LogP contribution in [0.1, 0.15) is 259 Å². The van der Waals surface area contributed by atoms with Crippen LogP contribution in [0.5, 0.6) is 0 Å². The minimum atomic E-state index is -0.758. The van der Waals surface area contributed by atoms with Gasteiger partial charge in [-0.2, -0.15) is 0 Å². The van der Waals surface area contributed by atoms with Gasteiger partial charge >= 0.3 is 17.9 Å². The van der Waals surface area contributed by atoms with Crippen LogP contribution in [0.3, 0.4) is 0 Å². The van der Waals surface area contributed by atoms with Gasteiger partial charge in [0.05, 0.1) is 0 Å². The highest BCUT2D eigenvalue weighted by atomic mass is 16.6. The summed E-state index contributed by atoms with van der Waals surface area (Å²) in [5, 5.41) is 0. The second-order valence-corrected chi connectivity index (χ2v) is 16.5. The molecule has 0 aliphatic heterocycles. The zero-order chi connectivity index (χ0) is 38.9. The summed E-state index contributed by atoms with van der Waals surface area (Å²) in [4.78, 5) is 37.6. The molecule has 6 nitrogen and oxygen atoms in total. The maximum Gasteiger partial charge on any atom is 0.306 e. The van der Waals surface area contributed by atoms with Crippen molar-refractivity contribution in [2.24, 2.45) is 5.92 Å². The molecule has 1 atom stereocenters. The third-order valence-electron chi connectivity index (χ3n) is 10.5. The quantitative estimate of drug-likeness (QED) is 0.0351. The molecule has 0 saturated heterocycles. The van der Waals surface area contributed by atoms with Crippen LogP contribution in [0, 0.1) is 5.92 Å². The number of carbonyl (C=O) groups is 3. The van der Waals surface area contributed by atoms with Gasteiger partial charge in [0, 0.05) is 19.3 Å². The summed E-state index contributed by atoms with van der Waals surface area (Å²) in [7, 11) is 0. The van der Waals surface area contributed by atoms with Gasteiger partial charge in [0.25, 0.3) is 0 Å². The molecule has 0 rings (SSSR count). The molecule has 0 bridgehead atoms. The summed E-state index contributed by atoms with van der Waals surface area (Å²) in [5.41, 5.74) is 0. The van der Waals surface area contributed by atoms with Gasteiger partial charge in [-0.15, -0.1) is 0 Å². The van der Waals surface area contributed by atoms with Crippen molar-refractivity contribution in [3.8, 4) is 0 Å². The topological polar surface area (TPSA) is 78.9 Å². The van der Waals surface area contributed by atoms with Crippen molar-refractivity contribution in [2.75, 3.05) is 13.2 Å². The molecule has 0 aliphatic rings. The second kappa shape index (κ2) is 41.6. The fourth-order valence-electron chi connectivity index (χ4n) is 6.98. The third-order valence-corrected chi connectivity index (χ3v) is 10.5. The molecule has 0 N–H and O–H groups in total. The highest BCUT2D eigenvalue weighted by Crippen LogP contribution is 2.16. The van der Waals surface area contributed by atoms with Gasteiger partial charge in [0.2, 0.25) is 0 Å². The molecule has 0 heterocycles. The number of unbranched alkanes of at least 4 members (excludes halogenated alkanes) is 29. The van der Waals surface area contributed by atoms with Gasteiger partial charge < -0.3 is 14.2 Å². The predicted octanol–water partition coefficient (Wildman–Crippen LogP) is 14.7. The van der Waals surface area contributed by atoms with E-state index in [-0.39, 0.29) is 31.1 Å². The van der Waals surface area contributed by atoms with Gasteiger partial charge in [0.1, 0.15) is 13.2 Å². The summed E-state index contributed by atoms with van der Waals surface area (Å²) in [6.45, 7) is 8.97. The van der Waals surface area contributed by atoms with E-state index in [4.69, 9.17) is 14.2 Å². The zero-order valence-electron chi connectivity index (χ0n) is 36.0. The van der Waals surface area contributed by atoms with Gasteiger partial charge in [-0.05, 0) is 25.2 Å². The maximum absolute atomic E-state index is 12.7. The highest BCUT2D eigenvalue weighted by molar-refractivity contribution is 5.71. The maximum atomic E-state index is 12.7. The number of rotatable bonds is 42. The summed E-state index contributed by atoms with van der Waals surface area (Å²) >= 11 is 0. The molecule has 0 aliphatic carbocycles. The lowest BCUT2D eigenvalue weighted by Gasteiger charge is -2.18. The summed E-state index contributed by atoms with van der Waals surface area (Å²) in [6.07, 6.45) is 40.9. The Balaban J connectivity index is 4.24. The number of carbonyl (C=O) groups excluding carboxylic acids is 3. The lowest BCUT2D eigenvalue weighted by Crippen LogP contribution is -2.30. The van der Waals surface area contributed by atoms with E-state index in [0.717, 1.165) is 63.7 Å². The molecule has 0 aromatic carbocycles. The monoisotopic (exact) mass is 751 g/mol. The first-order chi connectivity index (χ1) is 25.9. The standard InChI is InChI=1S/C47H90O6/c1-5-7-9-11-13-14-15-20-23-27-31-35-39-46(49)52-42-44(41-51-45(48)38-34-30-25-12-10-8-6-2)53-47(50)40-36-32-28-24-21-18-16-17-19-22-26-29-33-37-43(3)4/h43-44H,5-42H2,1-4H3/t44-/m0/s1. The van der Waals surface area contributed by atoms with Crippen molar-refractivity contribution < 1.29 is 28.6 Å². The van der Waals surface area contributed by atoms with Gasteiger partial charge in [-0.3, -0.25) is 14.4 Å². The molecular weight excluding hydrogens is 661 g/mol. The van der Waals surface area contributed by atoms with E-state index < -0.39 is 6.10 Å². The van der Waals surface area contributed by atoms with Gasteiger partial charge in [-0.1, -0.05) is 220 Å². The van der Waals surface area contributed by atoms with Crippen molar-refractivity contribution in [1.82, 2.24) is 0 Å². The average molecular weight is 751 g/mol. The van der Waals surface area contributed by atoms with Crippen LogP contribution in [0.4, 0.5) is 0 Å². The Morgan fingerprint density at radius 2 is 0.623 bits per heavy atom. The SMILES string of the molecule is CCCCCCCCCCCCCCC(=O)OC[C@H](COC(=O)CCCCCCCCC)OC(=O)CCCCCCCCCCCCCCCC(C)C. The highest BCUT2D eigenvalue weighted by Gasteiger charge is 2.19. The van der Waals surface area contributed by atoms with E-state index in [2.05, 4.69) is 27.7 Å². The van der Waals surface area contributed by atoms with Crippen molar-refractivity contribution in [1.29, 1.82) is 0 Å². The Bertz CT molecular complexity index is 796. The molecule has 0 radical (unpaired) electrons. The van der Waals surface area contributed by atoms with Crippen LogP contribution in [-0.4, -0.2) is 37.2 Å². The Kier molecular flexibility index (Phi) is 40.3. The summed E-state index contributed by atoms with van der Waals surface area (Å²) in [5.74, 6) is -0.0199. The fraction of sp³-hybridized carbons (Fsp3) is 0.936. The van der Waals surface area contributed by atoms with E-state index in [9.17, 15) is 14.4 Å². The first kappa shape index (κ1) is 51.4. The minimum Gasteiger partial charge on any atom is -0.462 e. The van der Waals surface area contributed by atoms with Crippen LogP contribution in [-0.2, 0) is 28.6 Å². The Morgan fingerprint density at radius 3 is 0.925 bits per heavy atom. The van der Waals surface area contributed by atoms with Crippen LogP contribution >= 0.6 is 0 Å². The molecule has 0 amide bonds. The second-order valence-electron chi connectivity index (χ2n) is 16.5. The number of esters is 3. The summed E-state index contributed by atoms with van der Waals surface area (Å²) < 4.78 is 16.7. The largest absolute Gasteiger partial charge is 0.462 e. The third kappa shape index (κ3) is 41.4. The molecule has 0 unspecified atom stereocenters. The lowest BCUT2D eigenvalue weighted by molar-refractivity contribution is -0.167. The Hall–Kier alpha value is -1.59. The first-order valence-corrected chi connectivity index (χ1v) is 23.4. The average Bonchev–Trinajstić information content (AvgIpc) is 3.14. The predicted molar refractivity (Wildman–Crippen MR) is 224 cm³/mol. The normalized spacial score (nSPS) is 11.9. The Morgan fingerprint density at radius 1 is 0.358 bits per heavy atom. The zero-order valence-corrected chi connectivity index (χ0v) is 36.0. The first-order valence-electron chi connectivity index (χ1n) is 23.4. The van der Waals surface area contributed by atoms with Gasteiger partial charge in [-0.25, -0.2) is 0 Å². The van der Waals surface area contributed by atoms with E-state index in [1.807, 2.05) is 0 Å². The number of ether oxygens (including phenoxy) is 3. The smallest absolute Gasteiger partial charge is 0.306 e. The number of hydrogen-bond acceptors (Lipinski definition) is 6. The van der Waals surface area contributed by atoms with E-state index in [1.54, 1.807) is 0 Å². The molecule has 0 aromatic heterocycles. The van der Waals surface area contributed by atoms with Crippen molar-refractivity contribution in [3.05, 3.63) is 0 Å². The van der Waals surface area contributed by atoms with Gasteiger partial charge in [0.15, 0.2) is 6.10 Å². The van der Waals surface area contributed by atoms with E-state index in [1.165, 1.54) is 154 Å². The van der Waals surface area contributed by atoms with E-state index >= 15 is 0 Å².